The molecule has 80 valence electrons. The lowest BCUT2D eigenvalue weighted by Gasteiger charge is -2.17. The van der Waals surface area contributed by atoms with Crippen LogP contribution in [0.3, 0.4) is 0 Å². The number of anilines is 1. The standard InChI is InChI=1S/C13H17NO/c1-2-15-11-12-5-7-13(8-6-12)14-9-3-4-10-14/h3-8H,2,9-11H2,1H3. The van der Waals surface area contributed by atoms with Gasteiger partial charge in [0.15, 0.2) is 0 Å². The Morgan fingerprint density at radius 2 is 1.80 bits per heavy atom. The summed E-state index contributed by atoms with van der Waals surface area (Å²) in [5.41, 5.74) is 2.54. The SMILES string of the molecule is CCOCc1ccc(N2CC=CC2)cc1. The lowest BCUT2D eigenvalue weighted by molar-refractivity contribution is 0.134. The average Bonchev–Trinajstić information content (AvgIpc) is 2.80. The summed E-state index contributed by atoms with van der Waals surface area (Å²) in [5.74, 6) is 0. The second-order valence-corrected chi connectivity index (χ2v) is 3.68. The molecule has 0 unspecified atom stereocenters. The summed E-state index contributed by atoms with van der Waals surface area (Å²) in [4.78, 5) is 2.34. The number of hydrogen-bond acceptors (Lipinski definition) is 2. The summed E-state index contributed by atoms with van der Waals surface area (Å²) < 4.78 is 5.36. The van der Waals surface area contributed by atoms with Crippen LogP contribution < -0.4 is 4.90 Å². The minimum Gasteiger partial charge on any atom is -0.377 e. The van der Waals surface area contributed by atoms with E-state index in [0.29, 0.717) is 0 Å². The molecule has 1 aliphatic rings. The molecule has 2 nitrogen and oxygen atoms in total. The van der Waals surface area contributed by atoms with Crippen LogP contribution in [0.15, 0.2) is 36.4 Å². The molecule has 0 saturated heterocycles. The fourth-order valence-electron chi connectivity index (χ4n) is 1.71. The fourth-order valence-corrected chi connectivity index (χ4v) is 1.71. The molecule has 0 amide bonds. The van der Waals surface area contributed by atoms with Gasteiger partial charge in [-0.1, -0.05) is 24.3 Å². The molecule has 0 bridgehead atoms. The van der Waals surface area contributed by atoms with Crippen molar-refractivity contribution < 1.29 is 4.74 Å². The molecule has 0 fully saturated rings. The molecule has 15 heavy (non-hydrogen) atoms. The Balaban J connectivity index is 1.97. The van der Waals surface area contributed by atoms with Gasteiger partial charge in [0, 0.05) is 25.4 Å². The predicted octanol–water partition coefficient (Wildman–Crippen LogP) is 2.60. The number of ether oxygens (including phenoxy) is 1. The van der Waals surface area contributed by atoms with Gasteiger partial charge in [-0.2, -0.15) is 0 Å². The molecular weight excluding hydrogens is 186 g/mol. The lowest BCUT2D eigenvalue weighted by atomic mass is 10.2. The molecule has 1 aliphatic heterocycles. The second kappa shape index (κ2) is 4.99. The first kappa shape index (κ1) is 10.2. The van der Waals surface area contributed by atoms with Gasteiger partial charge in [0.2, 0.25) is 0 Å². The molecule has 2 rings (SSSR count). The molecular formula is C13H17NO. The van der Waals surface area contributed by atoms with Crippen molar-refractivity contribution in [2.75, 3.05) is 24.6 Å². The van der Waals surface area contributed by atoms with E-state index in [2.05, 4.69) is 41.3 Å². The van der Waals surface area contributed by atoms with E-state index in [9.17, 15) is 0 Å². The highest BCUT2D eigenvalue weighted by Crippen LogP contribution is 2.17. The van der Waals surface area contributed by atoms with E-state index in [1.54, 1.807) is 0 Å². The van der Waals surface area contributed by atoms with Gasteiger partial charge >= 0.3 is 0 Å². The van der Waals surface area contributed by atoms with Crippen molar-refractivity contribution in [2.45, 2.75) is 13.5 Å². The van der Waals surface area contributed by atoms with Gasteiger partial charge in [0.25, 0.3) is 0 Å². The Hall–Kier alpha value is -1.28. The Labute approximate surface area is 91.2 Å². The van der Waals surface area contributed by atoms with Crippen LogP contribution in [0.5, 0.6) is 0 Å². The minimum atomic E-state index is 0.717. The molecule has 0 saturated carbocycles. The normalized spacial score (nSPS) is 14.9. The van der Waals surface area contributed by atoms with Gasteiger partial charge in [0.1, 0.15) is 0 Å². The van der Waals surface area contributed by atoms with Crippen molar-refractivity contribution in [2.24, 2.45) is 0 Å². The van der Waals surface area contributed by atoms with Crippen molar-refractivity contribution >= 4 is 5.69 Å². The van der Waals surface area contributed by atoms with Gasteiger partial charge < -0.3 is 9.64 Å². The molecule has 2 heteroatoms. The summed E-state index contributed by atoms with van der Waals surface area (Å²) in [7, 11) is 0. The molecule has 0 aromatic heterocycles. The average molecular weight is 203 g/mol. The smallest absolute Gasteiger partial charge is 0.0716 e. The zero-order chi connectivity index (χ0) is 10.5. The maximum absolute atomic E-state index is 5.36. The molecule has 0 aliphatic carbocycles. The molecule has 0 spiro atoms. The van der Waals surface area contributed by atoms with E-state index in [0.717, 1.165) is 26.3 Å². The fraction of sp³-hybridized carbons (Fsp3) is 0.385. The van der Waals surface area contributed by atoms with Crippen LogP contribution in [0.2, 0.25) is 0 Å². The Kier molecular flexibility index (Phi) is 3.41. The van der Waals surface area contributed by atoms with Crippen molar-refractivity contribution in [3.8, 4) is 0 Å². The molecule has 0 radical (unpaired) electrons. The summed E-state index contributed by atoms with van der Waals surface area (Å²) in [6.45, 7) is 5.58. The minimum absolute atomic E-state index is 0.717. The van der Waals surface area contributed by atoms with Crippen LogP contribution >= 0.6 is 0 Å². The van der Waals surface area contributed by atoms with E-state index in [-0.39, 0.29) is 0 Å². The highest BCUT2D eigenvalue weighted by Gasteiger charge is 2.06. The first-order valence-electron chi connectivity index (χ1n) is 5.47. The van der Waals surface area contributed by atoms with E-state index >= 15 is 0 Å². The first-order chi connectivity index (χ1) is 7.40. The largest absolute Gasteiger partial charge is 0.377 e. The topological polar surface area (TPSA) is 12.5 Å². The van der Waals surface area contributed by atoms with Gasteiger partial charge in [-0.3, -0.25) is 0 Å². The van der Waals surface area contributed by atoms with Crippen molar-refractivity contribution in [1.82, 2.24) is 0 Å². The van der Waals surface area contributed by atoms with Gasteiger partial charge in [-0.25, -0.2) is 0 Å². The quantitative estimate of drug-likeness (QED) is 0.697. The number of benzene rings is 1. The number of hydrogen-bond donors (Lipinski definition) is 0. The van der Waals surface area contributed by atoms with Gasteiger partial charge in [-0.05, 0) is 24.6 Å². The molecule has 1 heterocycles. The molecule has 1 aromatic rings. The Morgan fingerprint density at radius 3 is 2.40 bits per heavy atom. The zero-order valence-electron chi connectivity index (χ0n) is 9.15. The van der Waals surface area contributed by atoms with E-state index in [1.807, 2.05) is 6.92 Å². The third kappa shape index (κ3) is 2.60. The van der Waals surface area contributed by atoms with E-state index in [1.165, 1.54) is 11.3 Å². The predicted molar refractivity (Wildman–Crippen MR) is 63.1 cm³/mol. The van der Waals surface area contributed by atoms with Crippen molar-refractivity contribution in [3.05, 3.63) is 42.0 Å². The summed E-state index contributed by atoms with van der Waals surface area (Å²) in [5, 5.41) is 0. The third-order valence-corrected chi connectivity index (χ3v) is 2.59. The van der Waals surface area contributed by atoms with Gasteiger partial charge in [0.05, 0.1) is 6.61 Å². The van der Waals surface area contributed by atoms with Crippen LogP contribution in [-0.4, -0.2) is 19.7 Å². The van der Waals surface area contributed by atoms with Crippen molar-refractivity contribution in [3.63, 3.8) is 0 Å². The van der Waals surface area contributed by atoms with Crippen LogP contribution in [0.25, 0.3) is 0 Å². The summed E-state index contributed by atoms with van der Waals surface area (Å²) in [6, 6.07) is 8.62. The Bertz CT molecular complexity index is 321. The number of rotatable bonds is 4. The highest BCUT2D eigenvalue weighted by atomic mass is 16.5. The van der Waals surface area contributed by atoms with E-state index in [4.69, 9.17) is 4.74 Å². The summed E-state index contributed by atoms with van der Waals surface area (Å²) in [6.07, 6.45) is 4.40. The Morgan fingerprint density at radius 1 is 1.13 bits per heavy atom. The lowest BCUT2D eigenvalue weighted by Crippen LogP contribution is -2.18. The molecule has 0 atom stereocenters. The maximum Gasteiger partial charge on any atom is 0.0716 e. The highest BCUT2D eigenvalue weighted by molar-refractivity contribution is 5.50. The molecule has 1 aromatic carbocycles. The summed E-state index contributed by atoms with van der Waals surface area (Å²) >= 11 is 0. The maximum atomic E-state index is 5.36. The third-order valence-electron chi connectivity index (χ3n) is 2.59. The number of nitrogens with zero attached hydrogens (tertiary/aromatic N) is 1. The van der Waals surface area contributed by atoms with Crippen LogP contribution in [0.4, 0.5) is 5.69 Å². The van der Waals surface area contributed by atoms with Gasteiger partial charge in [-0.15, -0.1) is 0 Å². The van der Waals surface area contributed by atoms with Crippen LogP contribution in [0, 0.1) is 0 Å². The second-order valence-electron chi connectivity index (χ2n) is 3.68. The monoisotopic (exact) mass is 203 g/mol. The van der Waals surface area contributed by atoms with Crippen LogP contribution in [0.1, 0.15) is 12.5 Å². The van der Waals surface area contributed by atoms with Crippen LogP contribution in [-0.2, 0) is 11.3 Å². The van der Waals surface area contributed by atoms with Crippen molar-refractivity contribution in [1.29, 1.82) is 0 Å². The first-order valence-corrected chi connectivity index (χ1v) is 5.47. The molecule has 0 N–H and O–H groups in total. The van der Waals surface area contributed by atoms with E-state index < -0.39 is 0 Å². The zero-order valence-corrected chi connectivity index (χ0v) is 9.15.